The number of pyridine rings is 1. The summed E-state index contributed by atoms with van der Waals surface area (Å²) in [5.74, 6) is 0.386. The minimum absolute atomic E-state index is 0.00651. The van der Waals surface area contributed by atoms with E-state index in [-0.39, 0.29) is 25.1 Å². The van der Waals surface area contributed by atoms with Gasteiger partial charge in [0.05, 0.1) is 18.8 Å². The Morgan fingerprint density at radius 3 is 2.56 bits per heavy atom. The third-order valence-corrected chi connectivity index (χ3v) is 6.46. The Hall–Kier alpha value is -2.30. The van der Waals surface area contributed by atoms with Crippen LogP contribution >= 0.6 is 0 Å². The summed E-state index contributed by atoms with van der Waals surface area (Å²) in [4.78, 5) is 17.7. The molecule has 2 aromatic rings. The van der Waals surface area contributed by atoms with Crippen molar-refractivity contribution in [3.63, 3.8) is 0 Å². The second-order valence-corrected chi connectivity index (χ2v) is 14.2. The van der Waals surface area contributed by atoms with E-state index in [0.29, 0.717) is 36.9 Å². The fourth-order valence-electron chi connectivity index (χ4n) is 3.02. The number of hydrogen-bond donors (Lipinski definition) is 0. The normalized spacial score (nSPS) is 14.5. The molecule has 0 atom stereocenters. The van der Waals surface area contributed by atoms with Gasteiger partial charge in [-0.15, -0.1) is 0 Å². The quantitative estimate of drug-likeness (QED) is 0.203. The second kappa shape index (κ2) is 11.5. The Kier molecular flexibility index (Phi) is 8.77. The van der Waals surface area contributed by atoms with Gasteiger partial charge in [0.15, 0.2) is 31.3 Å². The van der Waals surface area contributed by atoms with Gasteiger partial charge in [0.2, 0.25) is 5.78 Å². The number of aromatic nitrogens is 1. The van der Waals surface area contributed by atoms with Gasteiger partial charge in [0, 0.05) is 33.6 Å². The van der Waals surface area contributed by atoms with Gasteiger partial charge in [0.25, 0.3) is 0 Å². The van der Waals surface area contributed by atoms with Crippen molar-refractivity contribution < 1.29 is 33.2 Å². The van der Waals surface area contributed by atoms with Crippen molar-refractivity contribution in [3.05, 3.63) is 53.3 Å². The summed E-state index contributed by atoms with van der Waals surface area (Å²) in [7, 11) is 0.332. The predicted octanol–water partition coefficient (Wildman–Crippen LogP) is 4.03. The van der Waals surface area contributed by atoms with Gasteiger partial charge < -0.3 is 28.4 Å². The third kappa shape index (κ3) is 6.85. The van der Waals surface area contributed by atoms with E-state index in [2.05, 4.69) is 24.6 Å². The molecule has 0 bridgehead atoms. The SMILES string of the molecule is COCOc1ccc(C2OCCO2)cc1C(=O)c1ncccc1OCOCC[Si](C)(C)C. The maximum atomic E-state index is 13.5. The Bertz CT molecular complexity index is 894. The number of methoxy groups -OCH3 is 1. The molecule has 9 heteroatoms. The Labute approximate surface area is 189 Å². The average molecular weight is 462 g/mol. The van der Waals surface area contributed by atoms with E-state index in [1.54, 1.807) is 36.5 Å². The first-order chi connectivity index (χ1) is 15.4. The number of carbonyl (C=O) groups is 1. The number of benzene rings is 1. The van der Waals surface area contributed by atoms with Crippen LogP contribution < -0.4 is 9.47 Å². The minimum Gasteiger partial charge on any atom is -0.467 e. The van der Waals surface area contributed by atoms with Crippen molar-refractivity contribution >= 4 is 13.9 Å². The molecule has 0 aliphatic carbocycles. The molecule has 0 spiro atoms. The molecule has 0 radical (unpaired) electrons. The van der Waals surface area contributed by atoms with Crippen LogP contribution in [0.3, 0.4) is 0 Å². The fraction of sp³-hybridized carbons (Fsp3) is 0.478. The zero-order chi connectivity index (χ0) is 23.0. The lowest BCUT2D eigenvalue weighted by molar-refractivity contribution is -0.0441. The van der Waals surface area contributed by atoms with Crippen molar-refractivity contribution in [1.82, 2.24) is 4.98 Å². The summed E-state index contributed by atoms with van der Waals surface area (Å²) in [5, 5.41) is 0. The van der Waals surface area contributed by atoms with Crippen LogP contribution in [0.15, 0.2) is 36.5 Å². The lowest BCUT2D eigenvalue weighted by atomic mass is 10.0. The maximum Gasteiger partial charge on any atom is 0.218 e. The molecule has 0 saturated carbocycles. The van der Waals surface area contributed by atoms with Crippen LogP contribution in [0.25, 0.3) is 0 Å². The molecule has 174 valence electrons. The summed E-state index contributed by atoms with van der Waals surface area (Å²) in [6.45, 7) is 8.55. The summed E-state index contributed by atoms with van der Waals surface area (Å²) < 4.78 is 33.1. The lowest BCUT2D eigenvalue weighted by Crippen LogP contribution is -2.22. The molecular weight excluding hydrogens is 430 g/mol. The first-order valence-corrected chi connectivity index (χ1v) is 14.3. The monoisotopic (exact) mass is 461 g/mol. The molecule has 1 saturated heterocycles. The second-order valence-electron chi connectivity index (χ2n) is 8.54. The van der Waals surface area contributed by atoms with Gasteiger partial charge >= 0.3 is 0 Å². The summed E-state index contributed by atoms with van der Waals surface area (Å²) in [6.07, 6.45) is 1.03. The van der Waals surface area contributed by atoms with E-state index in [0.717, 1.165) is 11.6 Å². The third-order valence-electron chi connectivity index (χ3n) is 4.75. The average Bonchev–Trinajstić information content (AvgIpc) is 3.31. The number of ether oxygens (including phenoxy) is 6. The van der Waals surface area contributed by atoms with Gasteiger partial charge in [-0.3, -0.25) is 4.79 Å². The smallest absolute Gasteiger partial charge is 0.218 e. The highest BCUT2D eigenvalue weighted by molar-refractivity contribution is 6.76. The Morgan fingerprint density at radius 2 is 1.84 bits per heavy atom. The highest BCUT2D eigenvalue weighted by Gasteiger charge is 2.25. The highest BCUT2D eigenvalue weighted by Crippen LogP contribution is 2.31. The maximum absolute atomic E-state index is 13.5. The van der Waals surface area contributed by atoms with E-state index < -0.39 is 14.4 Å². The van der Waals surface area contributed by atoms with E-state index in [4.69, 9.17) is 28.4 Å². The molecule has 1 aliphatic rings. The largest absolute Gasteiger partial charge is 0.467 e. The minimum atomic E-state index is -1.19. The number of nitrogens with zero attached hydrogens (tertiary/aromatic N) is 1. The number of hydrogen-bond acceptors (Lipinski definition) is 8. The van der Waals surface area contributed by atoms with E-state index >= 15 is 0 Å². The van der Waals surface area contributed by atoms with Crippen LogP contribution in [-0.2, 0) is 18.9 Å². The Balaban J connectivity index is 1.79. The molecule has 1 aromatic carbocycles. The molecule has 0 N–H and O–H groups in total. The van der Waals surface area contributed by atoms with Crippen molar-refractivity contribution in [3.8, 4) is 11.5 Å². The lowest BCUT2D eigenvalue weighted by Gasteiger charge is -2.17. The molecule has 1 fully saturated rings. The fourth-order valence-corrected chi connectivity index (χ4v) is 3.78. The molecule has 1 aliphatic heterocycles. The molecule has 2 heterocycles. The van der Waals surface area contributed by atoms with E-state index in [1.165, 1.54) is 7.11 Å². The van der Waals surface area contributed by atoms with Crippen LogP contribution in [0.5, 0.6) is 11.5 Å². The van der Waals surface area contributed by atoms with Crippen molar-refractivity contribution in [2.24, 2.45) is 0 Å². The Morgan fingerprint density at radius 1 is 1.09 bits per heavy atom. The highest BCUT2D eigenvalue weighted by atomic mass is 28.3. The first-order valence-electron chi connectivity index (χ1n) is 10.6. The van der Waals surface area contributed by atoms with Crippen molar-refractivity contribution in [2.45, 2.75) is 32.0 Å². The first kappa shape index (κ1) is 24.3. The zero-order valence-electron chi connectivity index (χ0n) is 19.1. The molecule has 0 amide bonds. The van der Waals surface area contributed by atoms with Gasteiger partial charge in [-0.05, 0) is 30.3 Å². The standard InChI is InChI=1S/C23H31NO7Si/c1-26-15-30-19-8-7-17(23-28-10-11-29-23)14-18(19)22(25)21-20(6-5-9-24-21)31-16-27-12-13-32(2,3)4/h5-9,14,23H,10-13,15-16H2,1-4H3. The van der Waals surface area contributed by atoms with Crippen LogP contribution in [0.2, 0.25) is 25.7 Å². The van der Waals surface area contributed by atoms with Crippen molar-refractivity contribution in [1.29, 1.82) is 0 Å². The topological polar surface area (TPSA) is 85.3 Å². The van der Waals surface area contributed by atoms with E-state index in [1.807, 2.05) is 0 Å². The summed E-state index contributed by atoms with van der Waals surface area (Å²) in [5.41, 5.74) is 1.22. The molecule has 32 heavy (non-hydrogen) atoms. The van der Waals surface area contributed by atoms with Crippen LogP contribution in [0, 0.1) is 0 Å². The van der Waals surface area contributed by atoms with E-state index in [9.17, 15) is 4.79 Å². The van der Waals surface area contributed by atoms with Gasteiger partial charge in [-0.25, -0.2) is 4.98 Å². The van der Waals surface area contributed by atoms with Crippen molar-refractivity contribution in [2.75, 3.05) is 40.5 Å². The number of carbonyl (C=O) groups excluding carboxylic acids is 1. The molecule has 1 aromatic heterocycles. The molecule has 3 rings (SSSR count). The molecular formula is C23H31NO7Si. The molecule has 8 nitrogen and oxygen atoms in total. The summed E-state index contributed by atoms with van der Waals surface area (Å²) >= 11 is 0. The van der Waals surface area contributed by atoms with Gasteiger partial charge in [0.1, 0.15) is 5.75 Å². The predicted molar refractivity (Wildman–Crippen MR) is 121 cm³/mol. The van der Waals surface area contributed by atoms with Gasteiger partial charge in [-0.2, -0.15) is 0 Å². The van der Waals surface area contributed by atoms with Crippen LogP contribution in [0.4, 0.5) is 0 Å². The van der Waals surface area contributed by atoms with Crippen LogP contribution in [0.1, 0.15) is 27.9 Å². The zero-order valence-corrected chi connectivity index (χ0v) is 20.1. The van der Waals surface area contributed by atoms with Gasteiger partial charge in [-0.1, -0.05) is 25.7 Å². The molecule has 0 unspecified atom stereocenters. The summed E-state index contributed by atoms with van der Waals surface area (Å²) in [6, 6.07) is 9.66. The van der Waals surface area contributed by atoms with Crippen LogP contribution in [-0.4, -0.2) is 59.4 Å². The number of ketones is 1. The number of rotatable bonds is 12.